The maximum Gasteiger partial charge on any atom is 0.268 e. The number of phosphoric ester groups is 1. The van der Waals surface area contributed by atoms with Crippen molar-refractivity contribution in [3.63, 3.8) is 0 Å². The van der Waals surface area contributed by atoms with E-state index >= 15 is 0 Å². The molecule has 4 heterocycles. The molecule has 1 N–H and O–H groups in total. The molecule has 0 bridgehead atoms. The Labute approximate surface area is 155 Å². The molecule has 5 atom stereocenters. The van der Waals surface area contributed by atoms with E-state index in [1.165, 1.54) is 10.9 Å². The van der Waals surface area contributed by atoms with Crippen LogP contribution in [0.3, 0.4) is 0 Å². The molecule has 0 aliphatic carbocycles. The van der Waals surface area contributed by atoms with Crippen LogP contribution in [0.4, 0.5) is 0 Å². The summed E-state index contributed by atoms with van der Waals surface area (Å²) in [4.78, 5) is 23.5. The fraction of sp³-hybridized carbons (Fsp3) is 0.545. The molecule has 2 aromatic heterocycles. The van der Waals surface area contributed by atoms with Gasteiger partial charge in [-0.05, 0) is 5.69 Å². The number of ether oxygens (including phenoxy) is 1. The Morgan fingerprint density at radius 1 is 1.52 bits per heavy atom. The Bertz CT molecular complexity index is 787. The fourth-order valence-electron chi connectivity index (χ4n) is 2.67. The van der Waals surface area contributed by atoms with Crippen LogP contribution in [0, 0.1) is 13.3 Å². The van der Waals surface area contributed by atoms with E-state index in [9.17, 15) is 14.6 Å². The van der Waals surface area contributed by atoms with Gasteiger partial charge in [0.25, 0.3) is 7.82 Å². The van der Waals surface area contributed by atoms with Crippen LogP contribution in [-0.2, 0) is 51.1 Å². The largest absolute Gasteiger partial charge is 0.756 e. The summed E-state index contributed by atoms with van der Waals surface area (Å²) in [5.41, 5.74) is 1.62. The molecule has 0 amide bonds. The minimum Gasteiger partial charge on any atom is -0.756 e. The Morgan fingerprint density at radius 3 is 3.09 bits per heavy atom. The van der Waals surface area contributed by atoms with E-state index in [0.717, 1.165) is 0 Å². The Morgan fingerprint density at radius 2 is 2.30 bits per heavy atom. The van der Waals surface area contributed by atoms with Gasteiger partial charge in [0.1, 0.15) is 18.3 Å². The number of hydrogen-bond donors (Lipinski definition) is 1. The molecule has 1 radical (unpaired) electrons. The number of hydrogen-bond acceptors (Lipinski definition) is 9. The Kier molecular flexibility index (Phi) is 4.72. The van der Waals surface area contributed by atoms with Crippen molar-refractivity contribution in [1.82, 2.24) is 19.5 Å². The van der Waals surface area contributed by atoms with Gasteiger partial charge in [-0.2, -0.15) is 0 Å². The van der Waals surface area contributed by atoms with Gasteiger partial charge in [-0.1, -0.05) is 6.92 Å². The summed E-state index contributed by atoms with van der Waals surface area (Å²) in [6.07, 6.45) is 0.138. The van der Waals surface area contributed by atoms with Gasteiger partial charge < -0.3 is 38.3 Å². The van der Waals surface area contributed by atoms with Crippen molar-refractivity contribution in [3.8, 4) is 0 Å². The summed E-state index contributed by atoms with van der Waals surface area (Å²) >= 11 is 0. The molecule has 0 saturated carbocycles. The maximum atomic E-state index is 11.4. The molecule has 1 unspecified atom stereocenters. The molecule has 121 valence electrons. The number of fused-ring (bicyclic) bond motifs is 2. The SMILES string of the molecule is Cc1n[c-]nc2c1ncn2[C@@H]1O[C@@H]2COP(=O)([O-])O[C@H]2[C@H]1O.[Y]. The summed E-state index contributed by atoms with van der Waals surface area (Å²) in [5, 5.41) is 10.3. The molecule has 2 aliphatic rings. The van der Waals surface area contributed by atoms with Crippen LogP contribution in [-0.4, -0.2) is 49.5 Å². The minimum absolute atomic E-state index is 0. The standard InChI is InChI=1S/C11H12N4O6P.Y/c1-5-7-10(13-3-12-5)15(4-14-7)11-8(16)9-6(20-11)2-19-22(17,18)21-9;/h4,6,8-9,11,16H,2H2,1H3,(H,17,18);/q-1;/p-1/t6-,8-,9-,11-;/m1./s1. The topological polar surface area (TPSA) is 132 Å². The molecule has 2 fully saturated rings. The number of nitrogens with zero attached hydrogens (tertiary/aromatic N) is 4. The summed E-state index contributed by atoms with van der Waals surface area (Å²) in [6, 6.07) is 0. The summed E-state index contributed by atoms with van der Waals surface area (Å²) in [7, 11) is -4.40. The zero-order valence-corrected chi connectivity index (χ0v) is 15.6. The third-order valence-electron chi connectivity index (χ3n) is 3.72. The van der Waals surface area contributed by atoms with Gasteiger partial charge in [0, 0.05) is 44.6 Å². The third kappa shape index (κ3) is 2.92. The average molecular weight is 415 g/mol. The first-order valence-electron chi connectivity index (χ1n) is 6.51. The van der Waals surface area contributed by atoms with Crippen LogP contribution in [0.25, 0.3) is 11.2 Å². The number of aliphatic hydroxyl groups excluding tert-OH is 1. The van der Waals surface area contributed by atoms with Crippen molar-refractivity contribution >= 4 is 19.0 Å². The number of aryl methyl sites for hydroxylation is 1. The average Bonchev–Trinajstić information content (AvgIpc) is 3.01. The van der Waals surface area contributed by atoms with Crippen molar-refractivity contribution in [2.75, 3.05) is 6.61 Å². The fourth-order valence-corrected chi connectivity index (χ4v) is 3.61. The minimum atomic E-state index is -4.40. The first kappa shape index (κ1) is 17.5. The number of phosphoric acid groups is 1. The maximum absolute atomic E-state index is 11.4. The smallest absolute Gasteiger partial charge is 0.268 e. The predicted octanol–water partition coefficient (Wildman–Crippen LogP) is -0.925. The summed E-state index contributed by atoms with van der Waals surface area (Å²) in [6.45, 7) is 1.56. The van der Waals surface area contributed by atoms with Crippen LogP contribution in [0.1, 0.15) is 11.9 Å². The van der Waals surface area contributed by atoms with E-state index in [1.807, 2.05) is 0 Å². The van der Waals surface area contributed by atoms with Crippen LogP contribution < -0.4 is 4.89 Å². The molecule has 12 heteroatoms. The van der Waals surface area contributed by atoms with Crippen molar-refractivity contribution in [2.24, 2.45) is 0 Å². The first-order chi connectivity index (χ1) is 10.5. The van der Waals surface area contributed by atoms with Crippen LogP contribution in [0.15, 0.2) is 6.33 Å². The second kappa shape index (κ2) is 6.20. The normalized spacial score (nSPS) is 36.7. The van der Waals surface area contributed by atoms with Crippen LogP contribution >= 0.6 is 7.82 Å². The van der Waals surface area contributed by atoms with Crippen LogP contribution in [0.2, 0.25) is 0 Å². The molecule has 0 aromatic carbocycles. The van der Waals surface area contributed by atoms with E-state index in [0.29, 0.717) is 16.9 Å². The zero-order chi connectivity index (χ0) is 15.5. The van der Waals surface area contributed by atoms with E-state index < -0.39 is 32.4 Å². The van der Waals surface area contributed by atoms with E-state index in [4.69, 9.17) is 9.26 Å². The number of aliphatic hydroxyl groups is 1. The first-order valence-corrected chi connectivity index (χ1v) is 7.97. The van der Waals surface area contributed by atoms with Gasteiger partial charge in [0.2, 0.25) is 0 Å². The molecule has 4 rings (SSSR count). The van der Waals surface area contributed by atoms with Crippen molar-refractivity contribution in [2.45, 2.75) is 31.5 Å². The molecule has 2 saturated heterocycles. The van der Waals surface area contributed by atoms with E-state index in [1.54, 1.807) is 6.92 Å². The monoisotopic (exact) mass is 415 g/mol. The molecule has 0 spiro atoms. The van der Waals surface area contributed by atoms with Gasteiger partial charge in [0.15, 0.2) is 6.23 Å². The molecule has 2 aliphatic heterocycles. The number of imidazole rings is 1. The van der Waals surface area contributed by atoms with Gasteiger partial charge in [0.05, 0.1) is 18.6 Å². The Hall–Kier alpha value is -0.316. The number of aromatic nitrogens is 4. The summed E-state index contributed by atoms with van der Waals surface area (Å²) in [5.74, 6) is 0. The van der Waals surface area contributed by atoms with Gasteiger partial charge >= 0.3 is 0 Å². The predicted molar refractivity (Wildman–Crippen MR) is 67.2 cm³/mol. The quantitative estimate of drug-likeness (QED) is 0.464. The van der Waals surface area contributed by atoms with Gasteiger partial charge in [-0.15, -0.1) is 0 Å². The van der Waals surface area contributed by atoms with E-state index in [-0.39, 0.29) is 39.3 Å². The second-order valence-corrected chi connectivity index (χ2v) is 6.47. The van der Waals surface area contributed by atoms with Crippen LogP contribution in [0.5, 0.6) is 0 Å². The van der Waals surface area contributed by atoms with Gasteiger partial charge in [-0.25, -0.2) is 0 Å². The number of rotatable bonds is 1. The molecular formula is C11H11N4O6PY-2. The van der Waals surface area contributed by atoms with Gasteiger partial charge in [-0.3, -0.25) is 9.55 Å². The second-order valence-electron chi connectivity index (χ2n) is 5.10. The van der Waals surface area contributed by atoms with E-state index in [2.05, 4.69) is 25.8 Å². The Balaban J connectivity index is 0.00000156. The molecule has 10 nitrogen and oxygen atoms in total. The molecule has 2 aromatic rings. The molecule has 23 heavy (non-hydrogen) atoms. The zero-order valence-electron chi connectivity index (χ0n) is 11.9. The summed E-state index contributed by atoms with van der Waals surface area (Å²) < 4.78 is 27.9. The molecular weight excluding hydrogens is 404 g/mol. The van der Waals surface area contributed by atoms with Crippen molar-refractivity contribution in [3.05, 3.63) is 18.3 Å². The van der Waals surface area contributed by atoms with Crippen molar-refractivity contribution in [1.29, 1.82) is 0 Å². The van der Waals surface area contributed by atoms with Crippen molar-refractivity contribution < 1.29 is 61.1 Å². The third-order valence-corrected chi connectivity index (χ3v) is 4.68.